The Morgan fingerprint density at radius 1 is 1.32 bits per heavy atom. The molecule has 0 unspecified atom stereocenters. The molecule has 0 saturated carbocycles. The third-order valence-electron chi connectivity index (χ3n) is 3.24. The van der Waals surface area contributed by atoms with Crippen LogP contribution in [0, 0.1) is 6.92 Å². The summed E-state index contributed by atoms with van der Waals surface area (Å²) in [5.41, 5.74) is 1.63. The first kappa shape index (κ1) is 14.0. The smallest absolute Gasteiger partial charge is 0.254 e. The normalized spacial score (nSPS) is 10.8. The van der Waals surface area contributed by atoms with Crippen molar-refractivity contribution in [2.24, 2.45) is 0 Å². The molecule has 112 valence electrons. The number of carbonyl (C=O) groups excluding carboxylic acids is 1. The standard InChI is InChI=1S/C15H15N5O2/c1-3-12(21)16-11-8-13(22)17-15-18-14(19-20(11)15)10-6-4-9(2)5-7-10/h4-8H,3H2,1-2H3,(H,16,21)(H,17,18,19,22). The van der Waals surface area contributed by atoms with Gasteiger partial charge in [-0.1, -0.05) is 36.8 Å². The maximum absolute atomic E-state index is 11.7. The number of aryl methyl sites for hydroxylation is 1. The lowest BCUT2D eigenvalue weighted by molar-refractivity contribution is -0.115. The predicted molar refractivity (Wildman–Crippen MR) is 82.7 cm³/mol. The van der Waals surface area contributed by atoms with Crippen LogP contribution in [0.4, 0.5) is 5.82 Å². The van der Waals surface area contributed by atoms with E-state index in [9.17, 15) is 9.59 Å². The van der Waals surface area contributed by atoms with E-state index in [1.165, 1.54) is 10.6 Å². The summed E-state index contributed by atoms with van der Waals surface area (Å²) in [6.07, 6.45) is 0.313. The lowest BCUT2D eigenvalue weighted by atomic mass is 10.1. The zero-order valence-electron chi connectivity index (χ0n) is 12.3. The highest BCUT2D eigenvalue weighted by Crippen LogP contribution is 2.17. The molecule has 2 N–H and O–H groups in total. The minimum absolute atomic E-state index is 0.195. The number of nitrogens with zero attached hydrogens (tertiary/aromatic N) is 3. The molecule has 3 rings (SSSR count). The summed E-state index contributed by atoms with van der Waals surface area (Å²) in [5, 5.41) is 7.01. The van der Waals surface area contributed by atoms with Gasteiger partial charge >= 0.3 is 0 Å². The molecule has 0 aliphatic rings. The monoisotopic (exact) mass is 297 g/mol. The third-order valence-corrected chi connectivity index (χ3v) is 3.24. The number of amides is 1. The Bertz CT molecular complexity index is 892. The molecule has 1 aromatic carbocycles. The number of rotatable bonds is 3. The Hall–Kier alpha value is -2.96. The molecular formula is C15H15N5O2. The van der Waals surface area contributed by atoms with Gasteiger partial charge in [-0.2, -0.15) is 9.50 Å². The van der Waals surface area contributed by atoms with Crippen molar-refractivity contribution in [2.75, 3.05) is 5.32 Å². The van der Waals surface area contributed by atoms with Crippen LogP contribution < -0.4 is 10.9 Å². The highest BCUT2D eigenvalue weighted by Gasteiger charge is 2.12. The van der Waals surface area contributed by atoms with Gasteiger partial charge < -0.3 is 5.32 Å². The average Bonchev–Trinajstić information content (AvgIpc) is 2.91. The quantitative estimate of drug-likeness (QED) is 0.770. The summed E-state index contributed by atoms with van der Waals surface area (Å²) in [4.78, 5) is 30.2. The van der Waals surface area contributed by atoms with Gasteiger partial charge in [-0.05, 0) is 6.92 Å². The Balaban J connectivity index is 2.12. The Labute approximate surface area is 126 Å². The number of fused-ring (bicyclic) bond motifs is 1. The van der Waals surface area contributed by atoms with Crippen LogP contribution in [-0.4, -0.2) is 25.5 Å². The van der Waals surface area contributed by atoms with Gasteiger partial charge in [0, 0.05) is 18.1 Å². The molecule has 7 heteroatoms. The van der Waals surface area contributed by atoms with Crippen molar-refractivity contribution in [1.29, 1.82) is 0 Å². The van der Waals surface area contributed by atoms with E-state index in [2.05, 4.69) is 20.4 Å². The van der Waals surface area contributed by atoms with Gasteiger partial charge in [0.2, 0.25) is 11.7 Å². The predicted octanol–water partition coefficient (Wildman–Crippen LogP) is 1.74. The highest BCUT2D eigenvalue weighted by molar-refractivity contribution is 5.89. The Morgan fingerprint density at radius 3 is 2.73 bits per heavy atom. The molecule has 3 aromatic rings. The van der Waals surface area contributed by atoms with Crippen molar-refractivity contribution in [3.05, 3.63) is 46.2 Å². The number of nitrogens with one attached hydrogen (secondary N) is 2. The van der Waals surface area contributed by atoms with Crippen LogP contribution in [0.15, 0.2) is 35.1 Å². The summed E-state index contributed by atoms with van der Waals surface area (Å²) in [7, 11) is 0. The molecule has 2 aromatic heterocycles. The van der Waals surface area contributed by atoms with E-state index in [1.807, 2.05) is 31.2 Å². The molecule has 2 heterocycles. The summed E-state index contributed by atoms with van der Waals surface area (Å²) < 4.78 is 1.42. The number of hydrogen-bond acceptors (Lipinski definition) is 4. The fourth-order valence-electron chi connectivity index (χ4n) is 2.04. The minimum atomic E-state index is -0.346. The summed E-state index contributed by atoms with van der Waals surface area (Å²) >= 11 is 0. The van der Waals surface area contributed by atoms with Gasteiger partial charge in [-0.25, -0.2) is 0 Å². The largest absolute Gasteiger partial charge is 0.310 e. The zero-order chi connectivity index (χ0) is 15.7. The van der Waals surface area contributed by atoms with E-state index >= 15 is 0 Å². The van der Waals surface area contributed by atoms with E-state index in [0.29, 0.717) is 18.1 Å². The van der Waals surface area contributed by atoms with Gasteiger partial charge in [-0.15, -0.1) is 5.10 Å². The topological polar surface area (TPSA) is 92.1 Å². The van der Waals surface area contributed by atoms with Crippen molar-refractivity contribution in [2.45, 2.75) is 20.3 Å². The SMILES string of the molecule is CCC(=O)Nc1cc(=O)[nH]c2nc(-c3ccc(C)cc3)nn12. The van der Waals surface area contributed by atoms with Crippen LogP contribution in [-0.2, 0) is 4.79 Å². The van der Waals surface area contributed by atoms with Crippen LogP contribution in [0.1, 0.15) is 18.9 Å². The number of carbonyl (C=O) groups is 1. The summed E-state index contributed by atoms with van der Waals surface area (Å²) in [5.74, 6) is 0.874. The van der Waals surface area contributed by atoms with Gasteiger partial charge in [0.05, 0.1) is 0 Å². The van der Waals surface area contributed by atoms with Crippen LogP contribution in [0.5, 0.6) is 0 Å². The molecule has 0 saturated heterocycles. The average molecular weight is 297 g/mol. The van der Waals surface area contributed by atoms with Gasteiger partial charge in [0.1, 0.15) is 5.82 Å². The highest BCUT2D eigenvalue weighted by atomic mass is 16.1. The maximum Gasteiger partial charge on any atom is 0.254 e. The number of aromatic nitrogens is 4. The van der Waals surface area contributed by atoms with E-state index in [-0.39, 0.29) is 17.2 Å². The molecule has 0 aliphatic carbocycles. The molecule has 0 bridgehead atoms. The lowest BCUT2D eigenvalue weighted by Crippen LogP contribution is -2.17. The summed E-state index contributed by atoms with van der Waals surface area (Å²) in [6.45, 7) is 3.73. The van der Waals surface area contributed by atoms with E-state index in [0.717, 1.165) is 11.1 Å². The van der Waals surface area contributed by atoms with Crippen LogP contribution in [0.2, 0.25) is 0 Å². The molecule has 0 radical (unpaired) electrons. The zero-order valence-corrected chi connectivity index (χ0v) is 12.3. The van der Waals surface area contributed by atoms with Crippen molar-refractivity contribution in [3.8, 4) is 11.4 Å². The molecule has 22 heavy (non-hydrogen) atoms. The van der Waals surface area contributed by atoms with Crippen molar-refractivity contribution < 1.29 is 4.79 Å². The molecule has 0 spiro atoms. The Kier molecular flexibility index (Phi) is 3.46. The maximum atomic E-state index is 11.7. The first-order chi connectivity index (χ1) is 10.6. The number of H-pyrrole nitrogens is 1. The Morgan fingerprint density at radius 2 is 2.05 bits per heavy atom. The van der Waals surface area contributed by atoms with E-state index in [4.69, 9.17) is 0 Å². The fourth-order valence-corrected chi connectivity index (χ4v) is 2.04. The number of aromatic amines is 1. The molecular weight excluding hydrogens is 282 g/mol. The van der Waals surface area contributed by atoms with Gasteiger partial charge in [0.25, 0.3) is 5.56 Å². The third kappa shape index (κ3) is 2.60. The van der Waals surface area contributed by atoms with Crippen molar-refractivity contribution in [3.63, 3.8) is 0 Å². The lowest BCUT2D eigenvalue weighted by Gasteiger charge is -2.04. The minimum Gasteiger partial charge on any atom is -0.310 e. The van der Waals surface area contributed by atoms with Gasteiger partial charge in [-0.3, -0.25) is 14.6 Å². The van der Waals surface area contributed by atoms with E-state index < -0.39 is 0 Å². The molecule has 1 amide bonds. The number of hydrogen-bond donors (Lipinski definition) is 2. The van der Waals surface area contributed by atoms with Crippen molar-refractivity contribution in [1.82, 2.24) is 19.6 Å². The second kappa shape index (κ2) is 5.44. The number of anilines is 1. The van der Waals surface area contributed by atoms with Crippen LogP contribution in [0.3, 0.4) is 0 Å². The fraction of sp³-hybridized carbons (Fsp3) is 0.200. The van der Waals surface area contributed by atoms with Crippen LogP contribution >= 0.6 is 0 Å². The van der Waals surface area contributed by atoms with Gasteiger partial charge in [0.15, 0.2) is 5.82 Å². The molecule has 0 atom stereocenters. The first-order valence-corrected chi connectivity index (χ1v) is 6.94. The van der Waals surface area contributed by atoms with Crippen molar-refractivity contribution >= 4 is 17.5 Å². The summed E-state index contributed by atoms with van der Waals surface area (Å²) in [6, 6.07) is 9.03. The second-order valence-electron chi connectivity index (χ2n) is 4.96. The molecule has 7 nitrogen and oxygen atoms in total. The van der Waals surface area contributed by atoms with Crippen LogP contribution in [0.25, 0.3) is 17.2 Å². The van der Waals surface area contributed by atoms with E-state index in [1.54, 1.807) is 6.92 Å². The molecule has 0 fully saturated rings. The first-order valence-electron chi connectivity index (χ1n) is 6.94. The second-order valence-corrected chi connectivity index (χ2v) is 4.96. The molecule has 0 aliphatic heterocycles. The number of benzene rings is 1.